The third-order valence-corrected chi connectivity index (χ3v) is 2.96. The number of hydrogen-bond donors (Lipinski definition) is 1. The maximum absolute atomic E-state index is 8.96. The van der Waals surface area contributed by atoms with Gasteiger partial charge < -0.3 is 10.1 Å². The maximum Gasteiger partial charge on any atom is 0.144 e. The van der Waals surface area contributed by atoms with Crippen molar-refractivity contribution in [3.05, 3.63) is 23.4 Å². The van der Waals surface area contributed by atoms with E-state index in [9.17, 15) is 0 Å². The van der Waals surface area contributed by atoms with Crippen LogP contribution >= 0.6 is 0 Å². The third kappa shape index (κ3) is 4.01. The van der Waals surface area contributed by atoms with Crippen molar-refractivity contribution in [2.45, 2.75) is 26.2 Å². The summed E-state index contributed by atoms with van der Waals surface area (Å²) in [6.45, 7) is 4.39. The van der Waals surface area contributed by atoms with Crippen LogP contribution in [-0.4, -0.2) is 24.7 Å². The largest absolute Gasteiger partial charge is 0.381 e. The van der Waals surface area contributed by atoms with E-state index >= 15 is 0 Å². The molecule has 0 amide bonds. The van der Waals surface area contributed by atoms with Crippen molar-refractivity contribution in [1.29, 1.82) is 5.26 Å². The van der Waals surface area contributed by atoms with Crippen molar-refractivity contribution in [3.63, 3.8) is 0 Å². The van der Waals surface area contributed by atoms with Crippen LogP contribution in [0.25, 0.3) is 0 Å². The van der Waals surface area contributed by atoms with Crippen molar-refractivity contribution in [2.75, 3.05) is 25.1 Å². The highest BCUT2D eigenvalue weighted by molar-refractivity contribution is 5.52. The van der Waals surface area contributed by atoms with Gasteiger partial charge in [0.25, 0.3) is 0 Å². The van der Waals surface area contributed by atoms with Gasteiger partial charge in [0.05, 0.1) is 5.56 Å². The molecule has 18 heavy (non-hydrogen) atoms. The summed E-state index contributed by atoms with van der Waals surface area (Å²) in [6.07, 6.45) is 3.60. The van der Waals surface area contributed by atoms with Gasteiger partial charge in [0.15, 0.2) is 0 Å². The quantitative estimate of drug-likeness (QED) is 0.750. The second-order valence-electron chi connectivity index (χ2n) is 4.76. The van der Waals surface area contributed by atoms with E-state index in [0.29, 0.717) is 11.4 Å². The number of ether oxygens (including phenoxy) is 1. The predicted molar refractivity (Wildman–Crippen MR) is 70.3 cm³/mol. The fourth-order valence-electron chi connectivity index (χ4n) is 1.70. The summed E-state index contributed by atoms with van der Waals surface area (Å²) in [5.41, 5.74) is 1.51. The van der Waals surface area contributed by atoms with Gasteiger partial charge in [0.2, 0.25) is 0 Å². The van der Waals surface area contributed by atoms with Gasteiger partial charge in [0, 0.05) is 25.5 Å². The molecule has 0 atom stereocenters. The Morgan fingerprint density at radius 3 is 3.06 bits per heavy atom. The van der Waals surface area contributed by atoms with Gasteiger partial charge in [-0.2, -0.15) is 5.26 Å². The zero-order valence-electron chi connectivity index (χ0n) is 10.8. The van der Waals surface area contributed by atoms with E-state index in [1.54, 1.807) is 6.07 Å². The molecule has 0 bridgehead atoms. The lowest BCUT2D eigenvalue weighted by Gasteiger charge is -2.08. The number of nitrogens with one attached hydrogen (secondary N) is 1. The summed E-state index contributed by atoms with van der Waals surface area (Å²) in [5, 5.41) is 12.2. The first-order valence-corrected chi connectivity index (χ1v) is 6.49. The first-order valence-electron chi connectivity index (χ1n) is 6.49. The van der Waals surface area contributed by atoms with Gasteiger partial charge in [-0.05, 0) is 44.2 Å². The lowest BCUT2D eigenvalue weighted by atomic mass is 10.2. The van der Waals surface area contributed by atoms with Crippen molar-refractivity contribution in [3.8, 4) is 6.07 Å². The second-order valence-corrected chi connectivity index (χ2v) is 4.76. The van der Waals surface area contributed by atoms with Crippen LogP contribution in [0, 0.1) is 24.2 Å². The number of nitrogens with zero attached hydrogens (tertiary/aromatic N) is 2. The molecular weight excluding hydrogens is 226 g/mol. The van der Waals surface area contributed by atoms with Crippen LogP contribution < -0.4 is 5.32 Å². The molecule has 1 aromatic heterocycles. The average molecular weight is 245 g/mol. The Labute approximate surface area is 108 Å². The number of aromatic nitrogens is 1. The zero-order valence-corrected chi connectivity index (χ0v) is 10.8. The summed E-state index contributed by atoms with van der Waals surface area (Å²) < 4.78 is 5.55. The predicted octanol–water partition coefficient (Wildman–Crippen LogP) is 2.49. The molecule has 0 saturated heterocycles. The second kappa shape index (κ2) is 6.36. The van der Waals surface area contributed by atoms with E-state index in [-0.39, 0.29) is 0 Å². The van der Waals surface area contributed by atoms with E-state index < -0.39 is 0 Å². The van der Waals surface area contributed by atoms with Gasteiger partial charge in [-0.15, -0.1) is 0 Å². The lowest BCUT2D eigenvalue weighted by Crippen LogP contribution is -2.09. The van der Waals surface area contributed by atoms with E-state index in [4.69, 9.17) is 10.00 Å². The van der Waals surface area contributed by atoms with Crippen LogP contribution in [0.2, 0.25) is 0 Å². The van der Waals surface area contributed by atoms with Crippen LogP contribution in [0.15, 0.2) is 12.1 Å². The van der Waals surface area contributed by atoms with Crippen molar-refractivity contribution in [1.82, 2.24) is 4.98 Å². The molecule has 0 unspecified atom stereocenters. The monoisotopic (exact) mass is 245 g/mol. The molecule has 0 aliphatic heterocycles. The molecule has 96 valence electrons. The first kappa shape index (κ1) is 12.8. The van der Waals surface area contributed by atoms with Crippen LogP contribution in [0.1, 0.15) is 30.5 Å². The molecular formula is C14H19N3O. The molecule has 0 radical (unpaired) electrons. The average Bonchev–Trinajstić information content (AvgIpc) is 3.18. The number of nitriles is 1. The number of hydrogen-bond acceptors (Lipinski definition) is 4. The van der Waals surface area contributed by atoms with Crippen LogP contribution in [0.3, 0.4) is 0 Å². The zero-order chi connectivity index (χ0) is 12.8. The third-order valence-electron chi connectivity index (χ3n) is 2.96. The number of anilines is 1. The Kier molecular flexibility index (Phi) is 4.54. The Bertz CT molecular complexity index is 435. The minimum absolute atomic E-state index is 0.597. The highest BCUT2D eigenvalue weighted by Gasteiger charge is 2.20. The summed E-state index contributed by atoms with van der Waals surface area (Å²) in [5.74, 6) is 1.50. The molecule has 2 rings (SSSR count). The lowest BCUT2D eigenvalue weighted by molar-refractivity contribution is 0.124. The molecule has 1 saturated carbocycles. The van der Waals surface area contributed by atoms with Crippen LogP contribution in [0.5, 0.6) is 0 Å². The highest BCUT2D eigenvalue weighted by atomic mass is 16.5. The Morgan fingerprint density at radius 1 is 1.50 bits per heavy atom. The first-order chi connectivity index (χ1) is 8.79. The molecule has 1 aromatic rings. The smallest absolute Gasteiger partial charge is 0.144 e. The van der Waals surface area contributed by atoms with Crippen molar-refractivity contribution < 1.29 is 4.74 Å². The Balaban J connectivity index is 1.68. The molecule has 4 heteroatoms. The summed E-state index contributed by atoms with van der Waals surface area (Å²) in [7, 11) is 0. The van der Waals surface area contributed by atoms with Crippen molar-refractivity contribution >= 4 is 5.82 Å². The number of pyridine rings is 1. The van der Waals surface area contributed by atoms with Gasteiger partial charge in [-0.1, -0.05) is 0 Å². The maximum atomic E-state index is 8.96. The summed E-state index contributed by atoms with van der Waals surface area (Å²) in [6, 6.07) is 5.79. The molecule has 1 heterocycles. The topological polar surface area (TPSA) is 57.9 Å². The van der Waals surface area contributed by atoms with E-state index in [0.717, 1.165) is 37.8 Å². The van der Waals surface area contributed by atoms with Crippen LogP contribution in [-0.2, 0) is 4.74 Å². The minimum Gasteiger partial charge on any atom is -0.381 e. The van der Waals surface area contributed by atoms with Gasteiger partial charge in [-0.3, -0.25) is 0 Å². The number of aryl methyl sites for hydroxylation is 1. The molecule has 0 spiro atoms. The summed E-state index contributed by atoms with van der Waals surface area (Å²) in [4.78, 5) is 4.33. The molecule has 0 aromatic carbocycles. The minimum atomic E-state index is 0.597. The number of rotatable bonds is 7. The van der Waals surface area contributed by atoms with Crippen molar-refractivity contribution in [2.24, 2.45) is 5.92 Å². The van der Waals surface area contributed by atoms with E-state index in [2.05, 4.69) is 16.4 Å². The molecule has 1 aliphatic carbocycles. The van der Waals surface area contributed by atoms with E-state index in [1.165, 1.54) is 12.8 Å². The van der Waals surface area contributed by atoms with Crippen LogP contribution in [0.4, 0.5) is 5.82 Å². The Morgan fingerprint density at radius 2 is 2.33 bits per heavy atom. The summed E-state index contributed by atoms with van der Waals surface area (Å²) >= 11 is 0. The van der Waals surface area contributed by atoms with Gasteiger partial charge in [-0.25, -0.2) is 4.98 Å². The standard InChI is InChI=1S/C14H19N3O/c1-11-3-6-13(9-15)14(17-11)16-7-2-8-18-10-12-4-5-12/h3,6,12H,2,4-5,7-8,10H2,1H3,(H,16,17). The van der Waals surface area contributed by atoms with Gasteiger partial charge >= 0.3 is 0 Å². The van der Waals surface area contributed by atoms with Gasteiger partial charge in [0.1, 0.15) is 11.9 Å². The normalized spacial score (nSPS) is 14.2. The fourth-order valence-corrected chi connectivity index (χ4v) is 1.70. The van der Waals surface area contributed by atoms with E-state index in [1.807, 2.05) is 13.0 Å². The SMILES string of the molecule is Cc1ccc(C#N)c(NCCCOCC2CC2)n1. The molecule has 1 N–H and O–H groups in total. The molecule has 4 nitrogen and oxygen atoms in total. The fraction of sp³-hybridized carbons (Fsp3) is 0.571. The molecule has 1 fully saturated rings. The molecule has 1 aliphatic rings. The Hall–Kier alpha value is -1.60. The highest BCUT2D eigenvalue weighted by Crippen LogP contribution is 2.28.